The van der Waals surface area contributed by atoms with E-state index in [1.807, 2.05) is 6.92 Å². The second kappa shape index (κ2) is 6.66. The summed E-state index contributed by atoms with van der Waals surface area (Å²) in [5.41, 5.74) is 0.867. The Hall–Kier alpha value is -1.19. The first-order valence-corrected chi connectivity index (χ1v) is 6.33. The van der Waals surface area contributed by atoms with Crippen LogP contribution in [-0.4, -0.2) is 16.2 Å². The SMILES string of the molecule is CCCCC(=Cc1cc(Cl)c(O)c(Cl)c1)C(=O)O. The number of unbranched alkanes of at least 4 members (excludes halogenated alkanes) is 1. The summed E-state index contributed by atoms with van der Waals surface area (Å²) >= 11 is 11.6. The van der Waals surface area contributed by atoms with Crippen LogP contribution in [0, 0.1) is 0 Å². The molecular formula is C13H14Cl2O3. The summed E-state index contributed by atoms with van der Waals surface area (Å²) in [6, 6.07) is 2.97. The van der Waals surface area contributed by atoms with Gasteiger partial charge in [0.15, 0.2) is 5.75 Å². The Kier molecular flexibility index (Phi) is 5.51. The summed E-state index contributed by atoms with van der Waals surface area (Å²) in [6.45, 7) is 1.99. The fraction of sp³-hybridized carbons (Fsp3) is 0.308. The molecule has 0 spiro atoms. The molecule has 0 saturated heterocycles. The molecule has 0 amide bonds. The summed E-state index contributed by atoms with van der Waals surface area (Å²) in [6.07, 6.45) is 3.73. The maximum absolute atomic E-state index is 11.1. The third-order valence-corrected chi connectivity index (χ3v) is 3.03. The van der Waals surface area contributed by atoms with Crippen molar-refractivity contribution in [3.05, 3.63) is 33.3 Å². The third-order valence-electron chi connectivity index (χ3n) is 2.45. The molecule has 1 aromatic carbocycles. The average Bonchev–Trinajstić information content (AvgIpc) is 2.30. The molecule has 0 unspecified atom stereocenters. The molecule has 1 aromatic rings. The van der Waals surface area contributed by atoms with Crippen molar-refractivity contribution in [1.29, 1.82) is 0 Å². The quantitative estimate of drug-likeness (QED) is 0.792. The lowest BCUT2D eigenvalue weighted by molar-refractivity contribution is -0.132. The number of hydrogen-bond acceptors (Lipinski definition) is 2. The zero-order valence-corrected chi connectivity index (χ0v) is 11.4. The van der Waals surface area contributed by atoms with Gasteiger partial charge in [0.25, 0.3) is 0 Å². The van der Waals surface area contributed by atoms with Gasteiger partial charge in [0, 0.05) is 5.57 Å². The van der Waals surface area contributed by atoms with Gasteiger partial charge in [-0.15, -0.1) is 0 Å². The summed E-state index contributed by atoms with van der Waals surface area (Å²) in [5, 5.41) is 18.7. The lowest BCUT2D eigenvalue weighted by Crippen LogP contribution is -2.00. The maximum atomic E-state index is 11.1. The number of halogens is 2. The van der Waals surface area contributed by atoms with Crippen LogP contribution in [0.1, 0.15) is 31.7 Å². The predicted molar refractivity (Wildman–Crippen MR) is 73.3 cm³/mol. The zero-order valence-electron chi connectivity index (χ0n) is 9.91. The molecule has 2 N–H and O–H groups in total. The van der Waals surface area contributed by atoms with Crippen molar-refractivity contribution in [3.63, 3.8) is 0 Å². The molecule has 3 nitrogen and oxygen atoms in total. The van der Waals surface area contributed by atoms with Crippen LogP contribution in [0.15, 0.2) is 17.7 Å². The van der Waals surface area contributed by atoms with E-state index in [-0.39, 0.29) is 15.8 Å². The molecule has 0 saturated carbocycles. The molecule has 0 radical (unpaired) electrons. The van der Waals surface area contributed by atoms with Gasteiger partial charge in [-0.25, -0.2) is 4.79 Å². The van der Waals surface area contributed by atoms with E-state index in [1.165, 1.54) is 18.2 Å². The molecule has 98 valence electrons. The van der Waals surface area contributed by atoms with Crippen LogP contribution in [0.25, 0.3) is 6.08 Å². The fourth-order valence-corrected chi connectivity index (χ4v) is 1.98. The number of carboxylic acids is 1. The van der Waals surface area contributed by atoms with Gasteiger partial charge in [0.1, 0.15) is 0 Å². The zero-order chi connectivity index (χ0) is 13.7. The number of carbonyl (C=O) groups is 1. The van der Waals surface area contributed by atoms with Crippen LogP contribution in [0.5, 0.6) is 5.75 Å². The molecule has 0 aliphatic rings. The van der Waals surface area contributed by atoms with E-state index in [0.29, 0.717) is 17.6 Å². The smallest absolute Gasteiger partial charge is 0.331 e. The molecule has 0 aliphatic carbocycles. The maximum Gasteiger partial charge on any atom is 0.331 e. The van der Waals surface area contributed by atoms with E-state index in [9.17, 15) is 9.90 Å². The highest BCUT2D eigenvalue weighted by Crippen LogP contribution is 2.33. The largest absolute Gasteiger partial charge is 0.505 e. The first-order chi connectivity index (χ1) is 8.45. The Bertz CT molecular complexity index is 458. The van der Waals surface area contributed by atoms with Crippen molar-refractivity contribution in [2.24, 2.45) is 0 Å². The van der Waals surface area contributed by atoms with Crippen molar-refractivity contribution in [3.8, 4) is 5.75 Å². The molecule has 0 bridgehead atoms. The minimum absolute atomic E-state index is 0.106. The Morgan fingerprint density at radius 3 is 2.33 bits per heavy atom. The van der Waals surface area contributed by atoms with Gasteiger partial charge in [-0.1, -0.05) is 36.5 Å². The second-order valence-corrected chi connectivity index (χ2v) is 4.73. The van der Waals surface area contributed by atoms with E-state index in [4.69, 9.17) is 28.3 Å². The molecule has 0 heterocycles. The van der Waals surface area contributed by atoms with Crippen LogP contribution >= 0.6 is 23.2 Å². The number of aromatic hydroxyl groups is 1. The molecule has 0 aromatic heterocycles. The average molecular weight is 289 g/mol. The number of phenols is 1. The fourth-order valence-electron chi connectivity index (χ4n) is 1.48. The summed E-state index contributed by atoms with van der Waals surface area (Å²) < 4.78 is 0. The van der Waals surface area contributed by atoms with E-state index < -0.39 is 5.97 Å². The first kappa shape index (κ1) is 14.9. The van der Waals surface area contributed by atoms with Gasteiger partial charge in [0.05, 0.1) is 10.0 Å². The van der Waals surface area contributed by atoms with Gasteiger partial charge in [-0.2, -0.15) is 0 Å². The van der Waals surface area contributed by atoms with Crippen LogP contribution in [0.3, 0.4) is 0 Å². The minimum atomic E-state index is -0.955. The van der Waals surface area contributed by atoms with Gasteiger partial charge in [-0.05, 0) is 36.6 Å². The van der Waals surface area contributed by atoms with E-state index in [2.05, 4.69) is 0 Å². The van der Waals surface area contributed by atoms with Crippen LogP contribution in [-0.2, 0) is 4.79 Å². The molecular weight excluding hydrogens is 275 g/mol. The highest BCUT2D eigenvalue weighted by atomic mass is 35.5. The highest BCUT2D eigenvalue weighted by molar-refractivity contribution is 6.37. The van der Waals surface area contributed by atoms with Crippen molar-refractivity contribution >= 4 is 35.2 Å². The normalized spacial score (nSPS) is 11.6. The monoisotopic (exact) mass is 288 g/mol. The number of hydrogen-bond donors (Lipinski definition) is 2. The molecule has 0 aliphatic heterocycles. The standard InChI is InChI=1S/C13H14Cl2O3/c1-2-3-4-9(13(17)18)5-8-6-10(14)12(16)11(15)7-8/h5-7,16H,2-4H2,1H3,(H,17,18). The molecule has 18 heavy (non-hydrogen) atoms. The second-order valence-electron chi connectivity index (χ2n) is 3.91. The molecule has 5 heteroatoms. The van der Waals surface area contributed by atoms with Gasteiger partial charge >= 0.3 is 5.97 Å². The number of rotatable bonds is 5. The van der Waals surface area contributed by atoms with Crippen LogP contribution in [0.2, 0.25) is 10.0 Å². The number of benzene rings is 1. The number of phenolic OH excluding ortho intramolecular Hbond substituents is 1. The predicted octanol–water partition coefficient (Wildman–Crippen LogP) is 4.36. The van der Waals surface area contributed by atoms with Crippen molar-refractivity contribution in [2.75, 3.05) is 0 Å². The van der Waals surface area contributed by atoms with Crippen molar-refractivity contribution < 1.29 is 15.0 Å². The van der Waals surface area contributed by atoms with E-state index >= 15 is 0 Å². The first-order valence-electron chi connectivity index (χ1n) is 5.57. The summed E-state index contributed by atoms with van der Waals surface area (Å²) in [4.78, 5) is 11.1. The van der Waals surface area contributed by atoms with Crippen molar-refractivity contribution in [2.45, 2.75) is 26.2 Å². The Labute approximate surface area is 116 Å². The van der Waals surface area contributed by atoms with Crippen LogP contribution < -0.4 is 0 Å². The molecule has 0 fully saturated rings. The number of aliphatic carboxylic acids is 1. The van der Waals surface area contributed by atoms with Crippen molar-refractivity contribution in [1.82, 2.24) is 0 Å². The van der Waals surface area contributed by atoms with Gasteiger partial charge < -0.3 is 10.2 Å². The van der Waals surface area contributed by atoms with Gasteiger partial charge in [0.2, 0.25) is 0 Å². The van der Waals surface area contributed by atoms with Gasteiger partial charge in [-0.3, -0.25) is 0 Å². The number of carboxylic acid groups (broad SMARTS) is 1. The Morgan fingerprint density at radius 1 is 1.33 bits per heavy atom. The topological polar surface area (TPSA) is 57.5 Å². The highest BCUT2D eigenvalue weighted by Gasteiger charge is 2.09. The molecule has 1 rings (SSSR count). The third kappa shape index (κ3) is 3.93. The lowest BCUT2D eigenvalue weighted by atomic mass is 10.1. The van der Waals surface area contributed by atoms with E-state index in [1.54, 1.807) is 0 Å². The summed E-state index contributed by atoms with van der Waals surface area (Å²) in [7, 11) is 0. The molecule has 0 atom stereocenters. The Balaban J connectivity index is 3.08. The minimum Gasteiger partial charge on any atom is -0.505 e. The Morgan fingerprint density at radius 2 is 1.89 bits per heavy atom. The van der Waals surface area contributed by atoms with E-state index in [0.717, 1.165) is 12.8 Å². The summed E-state index contributed by atoms with van der Waals surface area (Å²) in [5.74, 6) is -1.15. The lowest BCUT2D eigenvalue weighted by Gasteiger charge is -2.04. The van der Waals surface area contributed by atoms with Crippen LogP contribution in [0.4, 0.5) is 0 Å².